The Morgan fingerprint density at radius 2 is 2.14 bits per heavy atom. The van der Waals surface area contributed by atoms with Gasteiger partial charge in [0.15, 0.2) is 0 Å². The van der Waals surface area contributed by atoms with Crippen LogP contribution in [0.25, 0.3) is 0 Å². The van der Waals surface area contributed by atoms with Crippen LogP contribution in [0.2, 0.25) is 0 Å². The van der Waals surface area contributed by atoms with Gasteiger partial charge >= 0.3 is 6.03 Å². The standard InChI is InChI=1S/C15H19N3O4/c1-10-6-7-12(22-10)15(2,21)9-16-14(20)17-11-5-4-8-18(3)13(11)19/h4-8,21H,9H2,1-3H3,(H2,16,17,20). The molecule has 0 aliphatic rings. The molecular weight excluding hydrogens is 286 g/mol. The Hall–Kier alpha value is -2.54. The van der Waals surface area contributed by atoms with Crippen molar-refractivity contribution in [3.05, 3.63) is 52.3 Å². The maximum atomic E-state index is 11.8. The summed E-state index contributed by atoms with van der Waals surface area (Å²) < 4.78 is 6.72. The van der Waals surface area contributed by atoms with Crippen LogP contribution in [0.1, 0.15) is 18.4 Å². The molecule has 2 aromatic rings. The fourth-order valence-corrected chi connectivity index (χ4v) is 1.92. The van der Waals surface area contributed by atoms with Crippen molar-refractivity contribution in [3.63, 3.8) is 0 Å². The molecule has 1 unspecified atom stereocenters. The van der Waals surface area contributed by atoms with Gasteiger partial charge in [-0.15, -0.1) is 0 Å². The Balaban J connectivity index is 1.98. The fourth-order valence-electron chi connectivity index (χ4n) is 1.92. The van der Waals surface area contributed by atoms with E-state index in [4.69, 9.17) is 4.42 Å². The zero-order valence-corrected chi connectivity index (χ0v) is 12.7. The number of aryl methyl sites for hydroxylation is 2. The van der Waals surface area contributed by atoms with Crippen molar-refractivity contribution in [3.8, 4) is 0 Å². The third kappa shape index (κ3) is 3.56. The summed E-state index contributed by atoms with van der Waals surface area (Å²) in [6.45, 7) is 3.25. The number of hydrogen-bond donors (Lipinski definition) is 3. The molecule has 2 amide bonds. The first-order valence-electron chi connectivity index (χ1n) is 6.79. The van der Waals surface area contributed by atoms with E-state index < -0.39 is 11.6 Å². The number of aromatic nitrogens is 1. The molecule has 0 spiro atoms. The summed E-state index contributed by atoms with van der Waals surface area (Å²) in [4.78, 5) is 23.6. The van der Waals surface area contributed by atoms with Crippen LogP contribution in [0.4, 0.5) is 10.5 Å². The van der Waals surface area contributed by atoms with Crippen molar-refractivity contribution in [1.29, 1.82) is 0 Å². The molecule has 0 radical (unpaired) electrons. The Kier molecular flexibility index (Phi) is 4.37. The molecule has 2 heterocycles. The number of furan rings is 1. The zero-order chi connectivity index (χ0) is 16.3. The van der Waals surface area contributed by atoms with Crippen LogP contribution in [0.15, 0.2) is 39.7 Å². The van der Waals surface area contributed by atoms with E-state index >= 15 is 0 Å². The first-order chi connectivity index (χ1) is 10.3. The maximum absolute atomic E-state index is 11.8. The van der Waals surface area contributed by atoms with Gasteiger partial charge < -0.3 is 24.7 Å². The van der Waals surface area contributed by atoms with Crippen LogP contribution < -0.4 is 16.2 Å². The minimum atomic E-state index is -1.34. The monoisotopic (exact) mass is 305 g/mol. The van der Waals surface area contributed by atoms with Crippen molar-refractivity contribution >= 4 is 11.7 Å². The van der Waals surface area contributed by atoms with Gasteiger partial charge in [0, 0.05) is 13.2 Å². The van der Waals surface area contributed by atoms with Crippen molar-refractivity contribution in [2.45, 2.75) is 19.4 Å². The highest BCUT2D eigenvalue weighted by molar-refractivity contribution is 5.88. The van der Waals surface area contributed by atoms with Gasteiger partial charge in [-0.25, -0.2) is 4.79 Å². The summed E-state index contributed by atoms with van der Waals surface area (Å²) in [5, 5.41) is 15.3. The molecule has 3 N–H and O–H groups in total. The van der Waals surface area contributed by atoms with Crippen molar-refractivity contribution in [2.75, 3.05) is 11.9 Å². The highest BCUT2D eigenvalue weighted by atomic mass is 16.4. The molecule has 1 atom stereocenters. The van der Waals surface area contributed by atoms with Gasteiger partial charge in [0.1, 0.15) is 22.8 Å². The van der Waals surface area contributed by atoms with Crippen LogP contribution in [-0.4, -0.2) is 22.2 Å². The second-order valence-electron chi connectivity index (χ2n) is 5.33. The van der Waals surface area contributed by atoms with E-state index in [0.29, 0.717) is 11.5 Å². The van der Waals surface area contributed by atoms with E-state index in [2.05, 4.69) is 10.6 Å². The molecule has 0 fully saturated rings. The van der Waals surface area contributed by atoms with E-state index in [1.807, 2.05) is 0 Å². The number of urea groups is 1. The summed E-state index contributed by atoms with van der Waals surface area (Å²) in [5.74, 6) is 1.04. The van der Waals surface area contributed by atoms with Gasteiger partial charge in [-0.05, 0) is 38.1 Å². The van der Waals surface area contributed by atoms with Gasteiger partial charge in [0.25, 0.3) is 5.56 Å². The lowest BCUT2D eigenvalue weighted by atomic mass is 10.0. The quantitative estimate of drug-likeness (QED) is 0.793. The lowest BCUT2D eigenvalue weighted by Gasteiger charge is -2.21. The molecule has 0 aromatic carbocycles. The lowest BCUT2D eigenvalue weighted by molar-refractivity contribution is 0.0364. The highest BCUT2D eigenvalue weighted by Gasteiger charge is 2.27. The second-order valence-corrected chi connectivity index (χ2v) is 5.33. The van der Waals surface area contributed by atoms with E-state index in [-0.39, 0.29) is 17.8 Å². The predicted molar refractivity (Wildman–Crippen MR) is 81.7 cm³/mol. The van der Waals surface area contributed by atoms with Crippen LogP contribution in [0, 0.1) is 6.92 Å². The van der Waals surface area contributed by atoms with E-state index in [1.165, 1.54) is 17.6 Å². The Bertz CT molecular complexity index is 730. The molecule has 2 rings (SSSR count). The summed E-state index contributed by atoms with van der Waals surface area (Å²) in [6, 6.07) is 5.97. The zero-order valence-electron chi connectivity index (χ0n) is 12.7. The molecule has 7 nitrogen and oxygen atoms in total. The molecule has 0 bridgehead atoms. The van der Waals surface area contributed by atoms with Gasteiger partial charge in [-0.1, -0.05) is 0 Å². The van der Waals surface area contributed by atoms with Crippen LogP contribution in [-0.2, 0) is 12.6 Å². The fraction of sp³-hybridized carbons (Fsp3) is 0.333. The van der Waals surface area contributed by atoms with E-state index in [0.717, 1.165) is 0 Å². The number of carbonyl (C=O) groups is 1. The molecule has 118 valence electrons. The molecule has 22 heavy (non-hydrogen) atoms. The van der Waals surface area contributed by atoms with Crippen molar-refractivity contribution in [1.82, 2.24) is 9.88 Å². The Labute approximate surface area is 127 Å². The van der Waals surface area contributed by atoms with Gasteiger partial charge in [-0.3, -0.25) is 4.79 Å². The number of rotatable bonds is 4. The van der Waals surface area contributed by atoms with Crippen LogP contribution in [0.5, 0.6) is 0 Å². The summed E-state index contributed by atoms with van der Waals surface area (Å²) in [5.41, 5.74) is -1.49. The summed E-state index contributed by atoms with van der Waals surface area (Å²) in [7, 11) is 1.59. The highest BCUT2D eigenvalue weighted by Crippen LogP contribution is 2.21. The third-order valence-electron chi connectivity index (χ3n) is 3.24. The first-order valence-corrected chi connectivity index (χ1v) is 6.79. The molecule has 0 saturated heterocycles. The van der Waals surface area contributed by atoms with Crippen LogP contribution >= 0.6 is 0 Å². The number of amides is 2. The summed E-state index contributed by atoms with van der Waals surface area (Å²) in [6.07, 6.45) is 1.59. The largest absolute Gasteiger partial charge is 0.463 e. The number of aliphatic hydroxyl groups is 1. The van der Waals surface area contributed by atoms with E-state index in [1.54, 1.807) is 38.4 Å². The van der Waals surface area contributed by atoms with Gasteiger partial charge in [0.2, 0.25) is 0 Å². The second kappa shape index (κ2) is 6.07. The number of nitrogens with one attached hydrogen (secondary N) is 2. The molecule has 0 aliphatic carbocycles. The predicted octanol–water partition coefficient (Wildman–Crippen LogP) is 1.32. The number of hydrogen-bond acceptors (Lipinski definition) is 4. The molecule has 0 aliphatic heterocycles. The van der Waals surface area contributed by atoms with Crippen molar-refractivity contribution in [2.24, 2.45) is 7.05 Å². The number of nitrogens with zero attached hydrogens (tertiary/aromatic N) is 1. The Morgan fingerprint density at radius 1 is 1.41 bits per heavy atom. The van der Waals surface area contributed by atoms with Gasteiger partial charge in [0.05, 0.1) is 6.54 Å². The number of carbonyl (C=O) groups excluding carboxylic acids is 1. The molecular formula is C15H19N3O4. The molecule has 2 aromatic heterocycles. The average molecular weight is 305 g/mol. The topological polar surface area (TPSA) is 96.5 Å². The SMILES string of the molecule is Cc1ccc(C(C)(O)CNC(=O)Nc2cccn(C)c2=O)o1. The minimum Gasteiger partial charge on any atom is -0.463 e. The normalized spacial score (nSPS) is 13.5. The maximum Gasteiger partial charge on any atom is 0.319 e. The summed E-state index contributed by atoms with van der Waals surface area (Å²) >= 11 is 0. The van der Waals surface area contributed by atoms with E-state index in [9.17, 15) is 14.7 Å². The smallest absolute Gasteiger partial charge is 0.319 e. The number of anilines is 1. The third-order valence-corrected chi connectivity index (χ3v) is 3.24. The lowest BCUT2D eigenvalue weighted by Crippen LogP contribution is -2.41. The first kappa shape index (κ1) is 15.8. The Morgan fingerprint density at radius 3 is 2.77 bits per heavy atom. The number of pyridine rings is 1. The molecule has 7 heteroatoms. The van der Waals surface area contributed by atoms with Crippen molar-refractivity contribution < 1.29 is 14.3 Å². The molecule has 0 saturated carbocycles. The van der Waals surface area contributed by atoms with Crippen LogP contribution in [0.3, 0.4) is 0 Å². The minimum absolute atomic E-state index is 0.0566. The average Bonchev–Trinajstić information content (AvgIpc) is 2.89. The van der Waals surface area contributed by atoms with Gasteiger partial charge in [-0.2, -0.15) is 0 Å².